The van der Waals surface area contributed by atoms with Crippen molar-refractivity contribution in [3.63, 3.8) is 0 Å². The van der Waals surface area contributed by atoms with Gasteiger partial charge in [0.05, 0.1) is 0 Å². The summed E-state index contributed by atoms with van der Waals surface area (Å²) in [5.74, 6) is 1.18. The van der Waals surface area contributed by atoms with E-state index in [4.69, 9.17) is 0 Å². The van der Waals surface area contributed by atoms with E-state index < -0.39 is 0 Å². The Morgan fingerprint density at radius 1 is 1.35 bits per heavy atom. The zero-order chi connectivity index (χ0) is 14.4. The van der Waals surface area contributed by atoms with Crippen LogP contribution in [0.2, 0.25) is 0 Å². The Morgan fingerprint density at radius 2 is 2.10 bits per heavy atom. The minimum absolute atomic E-state index is 0.270. The van der Waals surface area contributed by atoms with Gasteiger partial charge in [-0.15, -0.1) is 0 Å². The molecule has 0 aliphatic carbocycles. The zero-order valence-corrected chi connectivity index (χ0v) is 13.1. The van der Waals surface area contributed by atoms with Crippen LogP contribution in [-0.4, -0.2) is 59.9 Å². The molecular weight excluding hydrogens is 274 g/mol. The van der Waals surface area contributed by atoms with Gasteiger partial charge in [0.2, 0.25) is 11.0 Å². The summed E-state index contributed by atoms with van der Waals surface area (Å²) in [7, 11) is 1.91. The highest BCUT2D eigenvalue weighted by Crippen LogP contribution is 2.19. The first-order chi connectivity index (χ1) is 9.74. The number of amides is 1. The topological polar surface area (TPSA) is 61.4 Å². The minimum atomic E-state index is 0.270. The van der Waals surface area contributed by atoms with Crippen LogP contribution in [0, 0.1) is 0 Å². The van der Waals surface area contributed by atoms with Crippen molar-refractivity contribution >= 4 is 22.6 Å². The van der Waals surface area contributed by atoms with Crippen LogP contribution in [0.5, 0.6) is 0 Å². The quantitative estimate of drug-likeness (QED) is 0.785. The molecule has 2 heterocycles. The molecule has 1 amide bonds. The van der Waals surface area contributed by atoms with Gasteiger partial charge in [0.25, 0.3) is 0 Å². The summed E-state index contributed by atoms with van der Waals surface area (Å²) in [6.07, 6.45) is 2.42. The number of hydrogen-bond acceptors (Lipinski definition) is 6. The van der Waals surface area contributed by atoms with Crippen LogP contribution >= 0.6 is 11.5 Å². The maximum Gasteiger partial charge on any atom is 0.222 e. The highest BCUT2D eigenvalue weighted by atomic mass is 32.1. The van der Waals surface area contributed by atoms with Crippen molar-refractivity contribution in [3.8, 4) is 0 Å². The molecular formula is C13H23N5OS. The third kappa shape index (κ3) is 3.89. The molecule has 1 aliphatic rings. The van der Waals surface area contributed by atoms with Gasteiger partial charge in [0, 0.05) is 50.6 Å². The number of anilines is 1. The largest absolute Gasteiger partial charge is 0.343 e. The van der Waals surface area contributed by atoms with E-state index in [1.165, 1.54) is 11.5 Å². The molecule has 1 N–H and O–H groups in total. The molecule has 2 rings (SSSR count). The predicted octanol–water partition coefficient (Wildman–Crippen LogP) is 0.749. The Labute approximate surface area is 124 Å². The highest BCUT2D eigenvalue weighted by molar-refractivity contribution is 7.09. The normalized spacial score (nSPS) is 15.7. The van der Waals surface area contributed by atoms with Gasteiger partial charge in [-0.25, -0.2) is 4.98 Å². The molecule has 1 aromatic rings. The van der Waals surface area contributed by atoms with E-state index in [0.29, 0.717) is 6.42 Å². The van der Waals surface area contributed by atoms with Crippen LogP contribution in [0.1, 0.15) is 25.6 Å². The van der Waals surface area contributed by atoms with Crippen LogP contribution in [0.25, 0.3) is 0 Å². The fourth-order valence-corrected chi connectivity index (χ4v) is 3.04. The summed E-state index contributed by atoms with van der Waals surface area (Å²) >= 11 is 1.46. The molecule has 1 aromatic heterocycles. The molecule has 0 radical (unpaired) electrons. The predicted molar refractivity (Wildman–Crippen MR) is 81.2 cm³/mol. The van der Waals surface area contributed by atoms with E-state index in [2.05, 4.69) is 26.5 Å². The monoisotopic (exact) mass is 297 g/mol. The number of carbonyl (C=O) groups is 1. The Morgan fingerprint density at radius 3 is 2.70 bits per heavy atom. The van der Waals surface area contributed by atoms with Crippen molar-refractivity contribution in [2.45, 2.75) is 26.2 Å². The molecule has 0 spiro atoms. The number of aryl methyl sites for hydroxylation is 1. The Hall–Kier alpha value is -1.21. The summed E-state index contributed by atoms with van der Waals surface area (Å²) in [5.41, 5.74) is 0. The van der Waals surface area contributed by atoms with Gasteiger partial charge in [-0.1, -0.05) is 6.92 Å². The Kier molecular flexibility index (Phi) is 5.72. The molecule has 0 bridgehead atoms. The number of rotatable bonds is 6. The SMILES string of the molecule is CCc1nsc(N2CCN(C(=O)CCCNC)CC2)n1. The number of carbonyl (C=O) groups excluding carboxylic acids is 1. The molecule has 7 heteroatoms. The molecule has 1 saturated heterocycles. The summed E-state index contributed by atoms with van der Waals surface area (Å²) in [6.45, 7) is 6.26. The lowest BCUT2D eigenvalue weighted by atomic mass is 10.2. The van der Waals surface area contributed by atoms with Gasteiger partial charge in [0.1, 0.15) is 5.82 Å². The first kappa shape index (κ1) is 15.2. The second kappa shape index (κ2) is 7.54. The van der Waals surface area contributed by atoms with Crippen LogP contribution < -0.4 is 10.2 Å². The lowest BCUT2D eigenvalue weighted by molar-refractivity contribution is -0.131. The molecule has 1 fully saturated rings. The van der Waals surface area contributed by atoms with Crippen molar-refractivity contribution in [2.24, 2.45) is 0 Å². The van der Waals surface area contributed by atoms with Crippen molar-refractivity contribution in [1.29, 1.82) is 0 Å². The number of nitrogens with one attached hydrogen (secondary N) is 1. The number of aromatic nitrogens is 2. The van der Waals surface area contributed by atoms with Gasteiger partial charge in [0.15, 0.2) is 0 Å². The first-order valence-corrected chi connectivity index (χ1v) is 8.01. The average molecular weight is 297 g/mol. The third-order valence-electron chi connectivity index (χ3n) is 3.49. The minimum Gasteiger partial charge on any atom is -0.343 e. The summed E-state index contributed by atoms with van der Waals surface area (Å²) in [5, 5.41) is 4.06. The van der Waals surface area contributed by atoms with Crippen LogP contribution in [-0.2, 0) is 11.2 Å². The lowest BCUT2D eigenvalue weighted by Crippen LogP contribution is -2.48. The van der Waals surface area contributed by atoms with E-state index in [1.54, 1.807) is 0 Å². The van der Waals surface area contributed by atoms with Gasteiger partial charge in [-0.3, -0.25) is 4.79 Å². The second-order valence-electron chi connectivity index (χ2n) is 4.92. The lowest BCUT2D eigenvalue weighted by Gasteiger charge is -2.34. The van der Waals surface area contributed by atoms with Gasteiger partial charge in [-0.05, 0) is 20.0 Å². The summed E-state index contributed by atoms with van der Waals surface area (Å²) in [6, 6.07) is 0. The van der Waals surface area contributed by atoms with E-state index >= 15 is 0 Å². The van der Waals surface area contributed by atoms with E-state index in [0.717, 1.165) is 56.5 Å². The molecule has 112 valence electrons. The molecule has 0 atom stereocenters. The van der Waals surface area contributed by atoms with Gasteiger partial charge >= 0.3 is 0 Å². The molecule has 0 saturated carbocycles. The summed E-state index contributed by atoms with van der Waals surface area (Å²) in [4.78, 5) is 20.7. The van der Waals surface area contributed by atoms with Crippen molar-refractivity contribution in [1.82, 2.24) is 19.6 Å². The maximum atomic E-state index is 12.0. The van der Waals surface area contributed by atoms with Crippen molar-refractivity contribution < 1.29 is 4.79 Å². The van der Waals surface area contributed by atoms with Crippen molar-refractivity contribution in [3.05, 3.63) is 5.82 Å². The van der Waals surface area contributed by atoms with Crippen LogP contribution in [0.4, 0.5) is 5.13 Å². The fraction of sp³-hybridized carbons (Fsp3) is 0.769. The molecule has 1 aliphatic heterocycles. The Balaban J connectivity index is 1.78. The fourth-order valence-electron chi connectivity index (χ4n) is 2.24. The number of nitrogens with zero attached hydrogens (tertiary/aromatic N) is 4. The van der Waals surface area contributed by atoms with E-state index in [9.17, 15) is 4.79 Å². The Bertz CT molecular complexity index is 428. The molecule has 20 heavy (non-hydrogen) atoms. The summed E-state index contributed by atoms with van der Waals surface area (Å²) < 4.78 is 4.32. The molecule has 0 aromatic carbocycles. The number of hydrogen-bond donors (Lipinski definition) is 1. The van der Waals surface area contributed by atoms with Gasteiger partial charge < -0.3 is 15.1 Å². The number of piperazine rings is 1. The molecule has 0 unspecified atom stereocenters. The third-order valence-corrected chi connectivity index (χ3v) is 4.31. The second-order valence-corrected chi connectivity index (χ2v) is 5.65. The van der Waals surface area contributed by atoms with Crippen LogP contribution in [0.3, 0.4) is 0 Å². The first-order valence-electron chi connectivity index (χ1n) is 7.24. The van der Waals surface area contributed by atoms with E-state index in [1.807, 2.05) is 11.9 Å². The van der Waals surface area contributed by atoms with E-state index in [-0.39, 0.29) is 5.91 Å². The average Bonchev–Trinajstić information content (AvgIpc) is 2.96. The smallest absolute Gasteiger partial charge is 0.222 e. The van der Waals surface area contributed by atoms with Crippen molar-refractivity contribution in [2.75, 3.05) is 44.7 Å². The van der Waals surface area contributed by atoms with Gasteiger partial charge in [-0.2, -0.15) is 4.37 Å². The maximum absolute atomic E-state index is 12.0. The zero-order valence-electron chi connectivity index (χ0n) is 12.3. The standard InChI is InChI=1S/C13H23N5OS/c1-3-11-15-13(20-16-11)18-9-7-17(8-10-18)12(19)5-4-6-14-2/h14H,3-10H2,1-2H3. The highest BCUT2D eigenvalue weighted by Gasteiger charge is 2.22. The molecule has 6 nitrogen and oxygen atoms in total. The van der Waals surface area contributed by atoms with Crippen LogP contribution in [0.15, 0.2) is 0 Å².